The first kappa shape index (κ1) is 22.2. The van der Waals surface area contributed by atoms with Crippen molar-refractivity contribution in [1.82, 2.24) is 5.43 Å². The zero-order valence-corrected chi connectivity index (χ0v) is 18.3. The van der Waals surface area contributed by atoms with Gasteiger partial charge in [-0.2, -0.15) is 5.10 Å². The highest BCUT2D eigenvalue weighted by Gasteiger charge is 2.28. The number of halogens is 1. The van der Waals surface area contributed by atoms with Crippen molar-refractivity contribution in [2.45, 2.75) is 26.2 Å². The predicted molar refractivity (Wildman–Crippen MR) is 123 cm³/mol. The monoisotopic (exact) mass is 466 g/mol. The smallest absolute Gasteiger partial charge is 0.291 e. The third-order valence-electron chi connectivity index (χ3n) is 5.23. The van der Waals surface area contributed by atoms with Crippen molar-refractivity contribution in [3.05, 3.63) is 91.9 Å². The second-order valence-electron chi connectivity index (χ2n) is 7.48. The van der Waals surface area contributed by atoms with Gasteiger partial charge in [-0.3, -0.25) is 19.7 Å². The van der Waals surface area contributed by atoms with Gasteiger partial charge in [0.2, 0.25) is 0 Å². The first-order valence-corrected chi connectivity index (χ1v) is 10.5. The number of rotatable bonds is 5. The van der Waals surface area contributed by atoms with E-state index in [-0.39, 0.29) is 17.0 Å². The van der Waals surface area contributed by atoms with E-state index >= 15 is 0 Å². The molecule has 2 aromatic carbocycles. The Kier molecular flexibility index (Phi) is 6.23. The van der Waals surface area contributed by atoms with E-state index < -0.39 is 16.7 Å². The molecule has 1 heterocycles. The van der Waals surface area contributed by atoms with Gasteiger partial charge in [-0.1, -0.05) is 23.7 Å². The number of carbonyl (C=O) groups is 2. The summed E-state index contributed by atoms with van der Waals surface area (Å²) in [6.07, 6.45) is 1.96. The number of anilines is 1. The van der Waals surface area contributed by atoms with Crippen LogP contribution < -0.4 is 10.7 Å². The summed E-state index contributed by atoms with van der Waals surface area (Å²) < 4.78 is 5.85. The molecule has 0 spiro atoms. The highest BCUT2D eigenvalue weighted by molar-refractivity contribution is 6.31. The average molecular weight is 467 g/mol. The van der Waals surface area contributed by atoms with Crippen molar-refractivity contribution in [2.24, 2.45) is 5.10 Å². The van der Waals surface area contributed by atoms with E-state index in [1.165, 1.54) is 24.3 Å². The van der Waals surface area contributed by atoms with Gasteiger partial charge in [0, 0.05) is 46.0 Å². The Balaban J connectivity index is 1.56. The Morgan fingerprint density at radius 1 is 1.12 bits per heavy atom. The molecule has 0 atom stereocenters. The van der Waals surface area contributed by atoms with Gasteiger partial charge < -0.3 is 9.73 Å². The molecular formula is C23H19ClN4O5. The summed E-state index contributed by atoms with van der Waals surface area (Å²) in [7, 11) is 0. The summed E-state index contributed by atoms with van der Waals surface area (Å²) in [4.78, 5) is 35.6. The van der Waals surface area contributed by atoms with E-state index in [9.17, 15) is 19.7 Å². The second kappa shape index (κ2) is 9.25. The number of nitro groups is 1. The maximum atomic E-state index is 12.8. The molecule has 9 nitrogen and oxygen atoms in total. The lowest BCUT2D eigenvalue weighted by Crippen LogP contribution is -2.22. The molecule has 2 N–H and O–H groups in total. The lowest BCUT2D eigenvalue weighted by Gasteiger charge is -2.13. The van der Waals surface area contributed by atoms with Gasteiger partial charge in [0.15, 0.2) is 5.76 Å². The average Bonchev–Trinajstić information content (AvgIpc) is 3.15. The van der Waals surface area contributed by atoms with Crippen molar-refractivity contribution < 1.29 is 18.9 Å². The number of nitro benzene ring substituents is 1. The van der Waals surface area contributed by atoms with Gasteiger partial charge in [0.25, 0.3) is 17.5 Å². The Morgan fingerprint density at radius 3 is 2.67 bits per heavy atom. The molecular weight excluding hydrogens is 448 g/mol. The van der Waals surface area contributed by atoms with Crippen molar-refractivity contribution in [2.75, 3.05) is 5.32 Å². The summed E-state index contributed by atoms with van der Waals surface area (Å²) in [6.45, 7) is 1.76. The Morgan fingerprint density at radius 2 is 1.91 bits per heavy atom. The van der Waals surface area contributed by atoms with Gasteiger partial charge in [0.05, 0.1) is 10.6 Å². The lowest BCUT2D eigenvalue weighted by atomic mass is 9.93. The molecule has 0 bridgehead atoms. The number of nitrogens with zero attached hydrogens (tertiary/aromatic N) is 2. The van der Waals surface area contributed by atoms with Crippen LogP contribution in [0.25, 0.3) is 0 Å². The number of hydrogen-bond donors (Lipinski definition) is 2. The SMILES string of the molecule is Cc1c(C(=O)Nc2cccc(Cl)c2)oc2c1/C(=N/NC(=O)c1cccc([N+](=O)[O-])c1)CCC2. The van der Waals surface area contributed by atoms with Crippen LogP contribution in [0.15, 0.2) is 58.0 Å². The second-order valence-corrected chi connectivity index (χ2v) is 7.92. The predicted octanol–water partition coefficient (Wildman–Crippen LogP) is 4.87. The molecule has 168 valence electrons. The van der Waals surface area contributed by atoms with Crippen LogP contribution in [0.5, 0.6) is 0 Å². The van der Waals surface area contributed by atoms with Gasteiger partial charge >= 0.3 is 0 Å². The molecule has 0 saturated heterocycles. The minimum Gasteiger partial charge on any atom is -0.455 e. The zero-order valence-electron chi connectivity index (χ0n) is 17.6. The standard InChI is InChI=1S/C23H19ClN4O5/c1-13-20-18(26-27-22(29)14-5-2-8-17(11-14)28(31)32)9-4-10-19(20)33-21(13)23(30)25-16-7-3-6-15(24)12-16/h2-3,5-8,11-12H,4,9-10H2,1H3,(H,25,30)(H,27,29)/b26-18+. The number of carbonyl (C=O) groups excluding carboxylic acids is 2. The fourth-order valence-corrected chi connectivity index (χ4v) is 3.88. The van der Waals surface area contributed by atoms with Crippen LogP contribution in [-0.2, 0) is 6.42 Å². The van der Waals surface area contributed by atoms with Crippen LogP contribution in [-0.4, -0.2) is 22.4 Å². The number of amides is 2. The number of fused-ring (bicyclic) bond motifs is 1. The van der Waals surface area contributed by atoms with Crippen LogP contribution in [0.1, 0.15) is 50.6 Å². The number of hydrazone groups is 1. The summed E-state index contributed by atoms with van der Waals surface area (Å²) in [5.74, 6) is -0.194. The molecule has 0 saturated carbocycles. The molecule has 0 unspecified atom stereocenters. The minimum atomic E-state index is -0.571. The van der Waals surface area contributed by atoms with Gasteiger partial charge in [-0.05, 0) is 44.0 Å². The van der Waals surface area contributed by atoms with Crippen LogP contribution in [0.3, 0.4) is 0 Å². The van der Waals surface area contributed by atoms with Crippen LogP contribution in [0.2, 0.25) is 5.02 Å². The van der Waals surface area contributed by atoms with Crippen LogP contribution in [0, 0.1) is 17.0 Å². The van der Waals surface area contributed by atoms with Crippen LogP contribution >= 0.6 is 11.6 Å². The van der Waals surface area contributed by atoms with E-state index in [0.717, 1.165) is 6.42 Å². The van der Waals surface area contributed by atoms with Crippen molar-refractivity contribution in [3.8, 4) is 0 Å². The molecule has 10 heteroatoms. The van der Waals surface area contributed by atoms with E-state index in [1.807, 2.05) is 0 Å². The zero-order chi connectivity index (χ0) is 23.5. The fraction of sp³-hybridized carbons (Fsp3) is 0.174. The molecule has 1 aliphatic carbocycles. The number of nitrogens with one attached hydrogen (secondary N) is 2. The number of benzene rings is 2. The number of furan rings is 1. The topological polar surface area (TPSA) is 127 Å². The maximum Gasteiger partial charge on any atom is 0.291 e. The van der Waals surface area contributed by atoms with E-state index in [0.29, 0.717) is 46.2 Å². The quantitative estimate of drug-likeness (QED) is 0.409. The van der Waals surface area contributed by atoms with Crippen molar-refractivity contribution >= 4 is 40.5 Å². The molecule has 1 aliphatic rings. The lowest BCUT2D eigenvalue weighted by molar-refractivity contribution is -0.384. The molecule has 1 aromatic heterocycles. The van der Waals surface area contributed by atoms with Crippen LogP contribution in [0.4, 0.5) is 11.4 Å². The first-order chi connectivity index (χ1) is 15.8. The van der Waals surface area contributed by atoms with Crippen molar-refractivity contribution in [3.63, 3.8) is 0 Å². The summed E-state index contributed by atoms with van der Waals surface area (Å²) in [5, 5.41) is 18.4. The third kappa shape index (κ3) is 4.78. The molecule has 33 heavy (non-hydrogen) atoms. The summed E-state index contributed by atoms with van der Waals surface area (Å²) in [6, 6.07) is 12.2. The first-order valence-electron chi connectivity index (χ1n) is 10.1. The Hall–Kier alpha value is -3.98. The highest BCUT2D eigenvalue weighted by atomic mass is 35.5. The maximum absolute atomic E-state index is 12.8. The van der Waals surface area contributed by atoms with Gasteiger partial charge in [0.1, 0.15) is 5.76 Å². The number of aryl methyl sites for hydroxylation is 1. The molecule has 4 rings (SSSR count). The van der Waals surface area contributed by atoms with E-state index in [2.05, 4.69) is 15.8 Å². The van der Waals surface area contributed by atoms with Gasteiger partial charge in [-0.25, -0.2) is 5.43 Å². The minimum absolute atomic E-state index is 0.120. The summed E-state index contributed by atoms with van der Waals surface area (Å²) in [5.41, 5.74) is 4.83. The molecule has 0 fully saturated rings. The molecule has 0 aliphatic heterocycles. The Bertz CT molecular complexity index is 1300. The van der Waals surface area contributed by atoms with E-state index in [1.54, 1.807) is 31.2 Å². The highest BCUT2D eigenvalue weighted by Crippen LogP contribution is 2.30. The Labute approximate surface area is 193 Å². The van der Waals surface area contributed by atoms with E-state index in [4.69, 9.17) is 16.0 Å². The number of hydrogen-bond acceptors (Lipinski definition) is 6. The fourth-order valence-electron chi connectivity index (χ4n) is 3.69. The largest absolute Gasteiger partial charge is 0.455 e. The number of non-ortho nitro benzene ring substituents is 1. The third-order valence-corrected chi connectivity index (χ3v) is 5.46. The molecule has 0 radical (unpaired) electrons. The molecule has 3 aromatic rings. The summed E-state index contributed by atoms with van der Waals surface area (Å²) >= 11 is 5.98. The normalized spacial score (nSPS) is 13.9. The molecule has 2 amide bonds. The van der Waals surface area contributed by atoms with Crippen molar-refractivity contribution in [1.29, 1.82) is 0 Å². The van der Waals surface area contributed by atoms with Gasteiger partial charge in [-0.15, -0.1) is 0 Å².